The van der Waals surface area contributed by atoms with Crippen molar-refractivity contribution in [1.82, 2.24) is 0 Å². The molecule has 0 saturated heterocycles. The Morgan fingerprint density at radius 3 is 3.12 bits per heavy atom. The van der Waals surface area contributed by atoms with E-state index < -0.39 is 0 Å². The van der Waals surface area contributed by atoms with Crippen LogP contribution in [0.3, 0.4) is 0 Å². The van der Waals surface area contributed by atoms with Crippen LogP contribution in [0.15, 0.2) is 12.7 Å². The predicted molar refractivity (Wildman–Crippen MR) is 61.8 cm³/mol. The van der Waals surface area contributed by atoms with Crippen molar-refractivity contribution in [2.75, 3.05) is 6.61 Å². The van der Waals surface area contributed by atoms with Gasteiger partial charge in [-0.15, -0.1) is 0 Å². The predicted octanol–water partition coefficient (Wildman–Crippen LogP) is 2.93. The van der Waals surface area contributed by atoms with E-state index in [1.54, 1.807) is 0 Å². The molecule has 0 radical (unpaired) electrons. The van der Waals surface area contributed by atoms with Gasteiger partial charge in [0.25, 0.3) is 0 Å². The first kappa shape index (κ1) is 10.4. The quantitative estimate of drug-likeness (QED) is 0.540. The number of carbonyl (C=O) groups excluding carboxylic acids is 1. The van der Waals surface area contributed by atoms with Crippen LogP contribution in [-0.4, -0.2) is 12.6 Å². The molecule has 3 saturated carbocycles. The first-order chi connectivity index (χ1) is 7.75. The Labute approximate surface area is 97.1 Å². The van der Waals surface area contributed by atoms with Crippen molar-refractivity contribution < 1.29 is 9.53 Å². The summed E-state index contributed by atoms with van der Waals surface area (Å²) in [6.45, 7) is 4.11. The Morgan fingerprint density at radius 1 is 1.44 bits per heavy atom. The van der Waals surface area contributed by atoms with Gasteiger partial charge in [0.05, 0.1) is 6.61 Å². The highest BCUT2D eigenvalue weighted by atomic mass is 16.5. The van der Waals surface area contributed by atoms with Crippen LogP contribution in [-0.2, 0) is 9.53 Å². The van der Waals surface area contributed by atoms with E-state index >= 15 is 0 Å². The molecule has 0 aliphatic heterocycles. The normalized spacial score (nSPS) is 44.4. The van der Waals surface area contributed by atoms with Crippen LogP contribution >= 0.6 is 0 Å². The van der Waals surface area contributed by atoms with Crippen molar-refractivity contribution in [3.63, 3.8) is 0 Å². The molecule has 16 heavy (non-hydrogen) atoms. The lowest BCUT2D eigenvalue weighted by molar-refractivity contribution is -0.142. The average molecular weight is 220 g/mol. The molecule has 4 atom stereocenters. The lowest BCUT2D eigenvalue weighted by atomic mass is 9.72. The number of hydrogen-bond donors (Lipinski definition) is 0. The fourth-order valence-electron chi connectivity index (χ4n) is 4.73. The van der Waals surface area contributed by atoms with Gasteiger partial charge in [-0.25, -0.2) is 4.79 Å². The van der Waals surface area contributed by atoms with E-state index in [1.807, 2.05) is 0 Å². The largest absolute Gasteiger partial charge is 0.462 e. The topological polar surface area (TPSA) is 26.3 Å². The monoisotopic (exact) mass is 220 g/mol. The molecule has 2 bridgehead atoms. The van der Waals surface area contributed by atoms with Crippen LogP contribution < -0.4 is 0 Å². The van der Waals surface area contributed by atoms with Gasteiger partial charge < -0.3 is 4.74 Å². The third-order valence-electron chi connectivity index (χ3n) is 5.31. The lowest BCUT2D eigenvalue weighted by Crippen LogP contribution is -2.33. The van der Waals surface area contributed by atoms with Gasteiger partial charge >= 0.3 is 5.97 Å². The molecule has 0 aromatic heterocycles. The highest BCUT2D eigenvalue weighted by Crippen LogP contribution is 2.65. The van der Waals surface area contributed by atoms with Crippen molar-refractivity contribution in [2.45, 2.75) is 38.5 Å². The minimum Gasteiger partial charge on any atom is -0.462 e. The van der Waals surface area contributed by atoms with Crippen LogP contribution in [0.25, 0.3) is 0 Å². The van der Waals surface area contributed by atoms with E-state index in [0.29, 0.717) is 12.0 Å². The van der Waals surface area contributed by atoms with Crippen LogP contribution in [0, 0.1) is 23.2 Å². The fourth-order valence-corrected chi connectivity index (χ4v) is 4.73. The fraction of sp³-hybridized carbons (Fsp3) is 0.786. The highest BCUT2D eigenvalue weighted by Gasteiger charge is 2.59. The van der Waals surface area contributed by atoms with E-state index in [1.165, 1.54) is 44.6 Å². The van der Waals surface area contributed by atoms with Crippen LogP contribution in [0.2, 0.25) is 0 Å². The number of fused-ring (bicyclic) bond motifs is 5. The minimum atomic E-state index is -0.251. The van der Waals surface area contributed by atoms with E-state index in [4.69, 9.17) is 4.74 Å². The van der Waals surface area contributed by atoms with E-state index in [9.17, 15) is 4.79 Å². The molecule has 88 valence electrons. The van der Waals surface area contributed by atoms with Crippen molar-refractivity contribution in [1.29, 1.82) is 0 Å². The molecule has 3 aliphatic rings. The van der Waals surface area contributed by atoms with Crippen molar-refractivity contribution in [3.05, 3.63) is 12.7 Å². The molecule has 0 amide bonds. The summed E-state index contributed by atoms with van der Waals surface area (Å²) in [7, 11) is 0. The molecule has 2 unspecified atom stereocenters. The summed E-state index contributed by atoms with van der Waals surface area (Å²) < 4.78 is 5.35. The van der Waals surface area contributed by atoms with Gasteiger partial charge in [0.2, 0.25) is 0 Å². The number of ether oxygens (including phenoxy) is 1. The smallest absolute Gasteiger partial charge is 0.330 e. The third kappa shape index (κ3) is 1.35. The van der Waals surface area contributed by atoms with Crippen LogP contribution in [0.1, 0.15) is 38.5 Å². The number of rotatable bonds is 3. The zero-order valence-electron chi connectivity index (χ0n) is 9.78. The summed E-state index contributed by atoms with van der Waals surface area (Å²) in [5.74, 6) is 2.49. The average Bonchev–Trinajstić information content (AvgIpc) is 2.97. The summed E-state index contributed by atoms with van der Waals surface area (Å²) in [4.78, 5) is 11.2. The zero-order valence-corrected chi connectivity index (χ0v) is 9.78. The summed E-state index contributed by atoms with van der Waals surface area (Å²) >= 11 is 0. The first-order valence-corrected chi connectivity index (χ1v) is 6.54. The van der Waals surface area contributed by atoms with Crippen molar-refractivity contribution in [2.24, 2.45) is 23.2 Å². The van der Waals surface area contributed by atoms with Gasteiger partial charge in [-0.05, 0) is 49.9 Å². The second-order valence-electron chi connectivity index (χ2n) is 5.88. The maximum absolute atomic E-state index is 11.2. The highest BCUT2D eigenvalue weighted by molar-refractivity contribution is 5.81. The zero-order chi connectivity index (χ0) is 11.2. The maximum Gasteiger partial charge on any atom is 0.330 e. The van der Waals surface area contributed by atoms with Gasteiger partial charge in [0.15, 0.2) is 0 Å². The Balaban J connectivity index is 1.72. The number of hydrogen-bond acceptors (Lipinski definition) is 2. The molecule has 0 spiro atoms. The second kappa shape index (κ2) is 3.61. The Hall–Kier alpha value is -0.790. The van der Waals surface area contributed by atoms with Crippen LogP contribution in [0.5, 0.6) is 0 Å². The Bertz CT molecular complexity index is 323. The number of esters is 1. The summed E-state index contributed by atoms with van der Waals surface area (Å²) in [5.41, 5.74) is 0.352. The van der Waals surface area contributed by atoms with E-state index in [-0.39, 0.29) is 5.97 Å². The minimum absolute atomic E-state index is 0.251. The van der Waals surface area contributed by atoms with Crippen molar-refractivity contribution in [3.8, 4) is 0 Å². The molecule has 2 nitrogen and oxygen atoms in total. The maximum atomic E-state index is 11.2. The lowest BCUT2D eigenvalue weighted by Gasteiger charge is -2.35. The molecule has 3 aliphatic carbocycles. The van der Waals surface area contributed by atoms with Crippen molar-refractivity contribution >= 4 is 5.97 Å². The second-order valence-corrected chi connectivity index (χ2v) is 5.88. The van der Waals surface area contributed by atoms with Gasteiger partial charge in [0, 0.05) is 11.5 Å². The molecule has 0 heterocycles. The first-order valence-electron chi connectivity index (χ1n) is 6.54. The van der Waals surface area contributed by atoms with Gasteiger partial charge in [0.1, 0.15) is 0 Å². The summed E-state index contributed by atoms with van der Waals surface area (Å²) in [6, 6.07) is 0. The molecule has 3 rings (SSSR count). The summed E-state index contributed by atoms with van der Waals surface area (Å²) in [5, 5.41) is 0. The SMILES string of the molecule is C=CC(=O)OCC12CCC(C1)[C@H]1CCC[C@H]12. The molecule has 0 N–H and O–H groups in total. The third-order valence-corrected chi connectivity index (χ3v) is 5.31. The standard InChI is InChI=1S/C14H20O2/c1-2-13(15)16-9-14-7-6-10(8-14)11-4-3-5-12(11)14/h2,10-12H,1,3-9H2/t10?,11-,12-,14?/m1/s1. The molecule has 2 heteroatoms. The Kier molecular flexibility index (Phi) is 2.34. The molecular weight excluding hydrogens is 200 g/mol. The number of carbonyl (C=O) groups is 1. The van der Waals surface area contributed by atoms with Gasteiger partial charge in [-0.3, -0.25) is 0 Å². The van der Waals surface area contributed by atoms with Gasteiger partial charge in [-0.2, -0.15) is 0 Å². The van der Waals surface area contributed by atoms with E-state index in [2.05, 4.69) is 6.58 Å². The van der Waals surface area contributed by atoms with Gasteiger partial charge in [-0.1, -0.05) is 13.0 Å². The molecule has 0 aromatic rings. The molecule has 3 fully saturated rings. The summed E-state index contributed by atoms with van der Waals surface area (Å²) in [6.07, 6.45) is 9.43. The molecule has 0 aromatic carbocycles. The Morgan fingerprint density at radius 2 is 2.31 bits per heavy atom. The van der Waals surface area contributed by atoms with E-state index in [0.717, 1.165) is 17.8 Å². The van der Waals surface area contributed by atoms with Crippen LogP contribution in [0.4, 0.5) is 0 Å². The molecular formula is C14H20O2.